The first kappa shape index (κ1) is 19.2. The van der Waals surface area contributed by atoms with Gasteiger partial charge in [-0.05, 0) is 45.4 Å². The van der Waals surface area contributed by atoms with Crippen molar-refractivity contribution in [1.29, 1.82) is 0 Å². The van der Waals surface area contributed by atoms with Crippen LogP contribution in [-0.4, -0.2) is 34.4 Å². The summed E-state index contributed by atoms with van der Waals surface area (Å²) in [4.78, 5) is 23.0. The van der Waals surface area contributed by atoms with Crippen molar-refractivity contribution >= 4 is 22.4 Å². The Balaban J connectivity index is 1.48. The average Bonchev–Trinajstić information content (AvgIpc) is 3.45. The van der Waals surface area contributed by atoms with E-state index in [1.165, 1.54) is 64.2 Å². The van der Waals surface area contributed by atoms with Gasteiger partial charge in [0.2, 0.25) is 5.91 Å². The van der Waals surface area contributed by atoms with Crippen LogP contribution in [0, 0.1) is 5.92 Å². The summed E-state index contributed by atoms with van der Waals surface area (Å²) in [6.07, 6.45) is 14.8. The number of rotatable bonds is 7. The van der Waals surface area contributed by atoms with E-state index in [1.54, 1.807) is 11.3 Å². The van der Waals surface area contributed by atoms with Crippen LogP contribution in [0.3, 0.4) is 0 Å². The first-order valence-corrected chi connectivity index (χ1v) is 12.2. The van der Waals surface area contributed by atoms with Crippen molar-refractivity contribution in [2.24, 2.45) is 5.92 Å². The molecule has 1 amide bonds. The number of aromatic nitrogens is 1. The fourth-order valence-electron chi connectivity index (χ4n) is 4.97. The van der Waals surface area contributed by atoms with Crippen molar-refractivity contribution in [3.05, 3.63) is 11.1 Å². The SMILES string of the molecule is CCN(c1nc(CN(C(=O)C2CCCCC2)C2CCCCC2)cs1)C1CC1. The Morgan fingerprint density at radius 2 is 1.67 bits per heavy atom. The van der Waals surface area contributed by atoms with E-state index in [0.717, 1.165) is 36.8 Å². The molecule has 0 unspecified atom stereocenters. The van der Waals surface area contributed by atoms with Gasteiger partial charge < -0.3 is 9.80 Å². The molecule has 3 aliphatic carbocycles. The topological polar surface area (TPSA) is 36.4 Å². The lowest BCUT2D eigenvalue weighted by molar-refractivity contribution is -0.140. The number of thiazole rings is 1. The molecule has 0 bridgehead atoms. The second-order valence-corrected chi connectivity index (χ2v) is 9.57. The van der Waals surface area contributed by atoms with Crippen LogP contribution in [0.2, 0.25) is 0 Å². The highest BCUT2D eigenvalue weighted by molar-refractivity contribution is 7.13. The van der Waals surface area contributed by atoms with Gasteiger partial charge in [-0.3, -0.25) is 4.79 Å². The number of amides is 1. The molecule has 5 heteroatoms. The van der Waals surface area contributed by atoms with E-state index in [-0.39, 0.29) is 5.92 Å². The molecule has 0 saturated heterocycles. The monoisotopic (exact) mass is 389 g/mol. The standard InChI is InChI=1S/C22H35N3OS/c1-2-24(20-13-14-20)22-23-18(16-27-22)15-25(19-11-7-4-8-12-19)21(26)17-9-5-3-6-10-17/h16-17,19-20H,2-15H2,1H3. The predicted molar refractivity (Wildman–Crippen MR) is 112 cm³/mol. The predicted octanol–water partition coefficient (Wildman–Crippen LogP) is 5.37. The van der Waals surface area contributed by atoms with Gasteiger partial charge in [-0.1, -0.05) is 38.5 Å². The number of nitrogens with zero attached hydrogens (tertiary/aromatic N) is 3. The normalized spacial score (nSPS) is 22.0. The molecular weight excluding hydrogens is 354 g/mol. The Morgan fingerprint density at radius 1 is 1.00 bits per heavy atom. The summed E-state index contributed by atoms with van der Waals surface area (Å²) in [7, 11) is 0. The van der Waals surface area contributed by atoms with Crippen molar-refractivity contribution in [3.8, 4) is 0 Å². The maximum absolute atomic E-state index is 13.4. The van der Waals surface area contributed by atoms with Gasteiger partial charge in [0.25, 0.3) is 0 Å². The third-order valence-electron chi connectivity index (χ3n) is 6.70. The molecule has 0 aliphatic heterocycles. The lowest BCUT2D eigenvalue weighted by Crippen LogP contribution is -2.44. The maximum atomic E-state index is 13.4. The Kier molecular flexibility index (Phi) is 6.36. The van der Waals surface area contributed by atoms with Gasteiger partial charge in [-0.25, -0.2) is 4.98 Å². The van der Waals surface area contributed by atoms with Gasteiger partial charge in [0, 0.05) is 29.9 Å². The number of carbonyl (C=O) groups is 1. The summed E-state index contributed by atoms with van der Waals surface area (Å²) in [6.45, 7) is 3.98. The minimum absolute atomic E-state index is 0.261. The zero-order valence-electron chi connectivity index (χ0n) is 16.9. The summed E-state index contributed by atoms with van der Waals surface area (Å²) in [5.74, 6) is 0.683. The summed E-state index contributed by atoms with van der Waals surface area (Å²) in [5, 5.41) is 3.35. The third-order valence-corrected chi connectivity index (χ3v) is 7.63. The molecule has 150 valence electrons. The van der Waals surface area contributed by atoms with Crippen LogP contribution < -0.4 is 4.90 Å². The van der Waals surface area contributed by atoms with Crippen molar-refractivity contribution in [2.75, 3.05) is 11.4 Å². The Morgan fingerprint density at radius 3 is 2.30 bits per heavy atom. The van der Waals surface area contributed by atoms with Crippen molar-refractivity contribution in [2.45, 2.75) is 103 Å². The molecular formula is C22H35N3OS. The van der Waals surface area contributed by atoms with Crippen LogP contribution >= 0.6 is 11.3 Å². The van der Waals surface area contributed by atoms with Crippen LogP contribution in [0.15, 0.2) is 5.38 Å². The van der Waals surface area contributed by atoms with Gasteiger partial charge in [0.05, 0.1) is 12.2 Å². The van der Waals surface area contributed by atoms with Crippen molar-refractivity contribution in [1.82, 2.24) is 9.88 Å². The second kappa shape index (κ2) is 8.93. The van der Waals surface area contributed by atoms with E-state index in [2.05, 4.69) is 22.1 Å². The Hall–Kier alpha value is -1.10. The first-order valence-electron chi connectivity index (χ1n) is 11.3. The molecule has 3 saturated carbocycles. The van der Waals surface area contributed by atoms with Gasteiger partial charge in [-0.15, -0.1) is 11.3 Å². The highest BCUT2D eigenvalue weighted by atomic mass is 32.1. The van der Waals surface area contributed by atoms with Crippen molar-refractivity contribution in [3.63, 3.8) is 0 Å². The van der Waals surface area contributed by atoms with E-state index >= 15 is 0 Å². The fourth-order valence-corrected chi connectivity index (χ4v) is 5.93. The third kappa shape index (κ3) is 4.67. The van der Waals surface area contributed by atoms with E-state index in [1.807, 2.05) is 0 Å². The highest BCUT2D eigenvalue weighted by Crippen LogP contribution is 2.34. The molecule has 27 heavy (non-hydrogen) atoms. The summed E-state index contributed by atoms with van der Waals surface area (Å²) < 4.78 is 0. The molecule has 3 fully saturated rings. The molecule has 3 aliphatic rings. The molecule has 4 rings (SSSR count). The lowest BCUT2D eigenvalue weighted by Gasteiger charge is -2.37. The Labute approximate surface area is 168 Å². The van der Waals surface area contributed by atoms with Gasteiger partial charge >= 0.3 is 0 Å². The molecule has 1 aromatic heterocycles. The number of carbonyl (C=O) groups excluding carboxylic acids is 1. The van der Waals surface area contributed by atoms with E-state index < -0.39 is 0 Å². The van der Waals surface area contributed by atoms with Crippen LogP contribution in [0.1, 0.15) is 89.7 Å². The van der Waals surface area contributed by atoms with Crippen molar-refractivity contribution < 1.29 is 4.79 Å². The van der Waals surface area contributed by atoms with E-state index in [9.17, 15) is 4.79 Å². The summed E-state index contributed by atoms with van der Waals surface area (Å²) in [5.41, 5.74) is 1.10. The zero-order chi connectivity index (χ0) is 18.6. The molecule has 4 nitrogen and oxygen atoms in total. The van der Waals surface area contributed by atoms with Crippen LogP contribution in [0.25, 0.3) is 0 Å². The van der Waals surface area contributed by atoms with Crippen LogP contribution in [0.4, 0.5) is 5.13 Å². The van der Waals surface area contributed by atoms with Gasteiger partial charge in [0.1, 0.15) is 0 Å². The fraction of sp³-hybridized carbons (Fsp3) is 0.818. The van der Waals surface area contributed by atoms with E-state index in [0.29, 0.717) is 18.0 Å². The lowest BCUT2D eigenvalue weighted by atomic mass is 9.86. The largest absolute Gasteiger partial charge is 0.345 e. The highest BCUT2D eigenvalue weighted by Gasteiger charge is 2.33. The minimum atomic E-state index is 0.261. The molecule has 0 atom stereocenters. The van der Waals surface area contributed by atoms with Gasteiger partial charge in [0.15, 0.2) is 5.13 Å². The van der Waals surface area contributed by atoms with Gasteiger partial charge in [-0.2, -0.15) is 0 Å². The molecule has 0 aromatic carbocycles. The average molecular weight is 390 g/mol. The molecule has 1 aromatic rings. The van der Waals surface area contributed by atoms with Crippen LogP contribution in [-0.2, 0) is 11.3 Å². The quantitative estimate of drug-likeness (QED) is 0.629. The molecule has 1 heterocycles. The number of anilines is 1. The second-order valence-electron chi connectivity index (χ2n) is 8.73. The summed E-state index contributed by atoms with van der Waals surface area (Å²) in [6, 6.07) is 1.14. The molecule has 0 spiro atoms. The maximum Gasteiger partial charge on any atom is 0.226 e. The van der Waals surface area contributed by atoms with Crippen LogP contribution in [0.5, 0.6) is 0 Å². The first-order chi connectivity index (χ1) is 13.3. The smallest absolute Gasteiger partial charge is 0.226 e. The summed E-state index contributed by atoms with van der Waals surface area (Å²) >= 11 is 1.76. The number of hydrogen-bond acceptors (Lipinski definition) is 4. The zero-order valence-corrected chi connectivity index (χ0v) is 17.7. The molecule has 0 radical (unpaired) electrons. The molecule has 0 N–H and O–H groups in total. The minimum Gasteiger partial charge on any atom is -0.345 e. The number of hydrogen-bond donors (Lipinski definition) is 0. The van der Waals surface area contributed by atoms with E-state index in [4.69, 9.17) is 4.98 Å². The Bertz CT molecular complexity index is 615.